The topological polar surface area (TPSA) is 120 Å². The molecule has 1 aliphatic rings. The molecule has 54 heavy (non-hydrogen) atoms. The number of methoxy groups -OCH3 is 1. The molecule has 2 atom stereocenters. The molecule has 0 unspecified atom stereocenters. The summed E-state index contributed by atoms with van der Waals surface area (Å²) >= 11 is 0. The molecule has 0 spiro atoms. The molecule has 5 rings (SSSR count). The Balaban J connectivity index is 0.00000202. The number of rotatable bonds is 16. The summed E-state index contributed by atoms with van der Waals surface area (Å²) in [5.74, 6) is 0.422. The summed E-state index contributed by atoms with van der Waals surface area (Å²) in [5, 5.41) is 2.76. The molecule has 4 aromatic rings. The number of carbonyl (C=O) groups excluding carboxylic acids is 3. The quantitative estimate of drug-likeness (QED) is 0.0892. The molecule has 1 N–H and O–H groups in total. The summed E-state index contributed by atoms with van der Waals surface area (Å²) in [6, 6.07) is 24.0. The van der Waals surface area contributed by atoms with E-state index >= 15 is 0 Å². The molecule has 292 valence electrons. The number of alkyl carbamates (subject to hydrolysis) is 1. The van der Waals surface area contributed by atoms with Crippen molar-refractivity contribution in [2.24, 2.45) is 5.92 Å². The minimum atomic E-state index is -0.890. The zero-order chi connectivity index (χ0) is 39.1. The molecule has 10 heteroatoms. The third kappa shape index (κ3) is 13.6. The maximum atomic E-state index is 13.6. The highest BCUT2D eigenvalue weighted by Gasteiger charge is 2.35. The molecule has 1 fully saturated rings. The van der Waals surface area contributed by atoms with E-state index in [1.54, 1.807) is 17.3 Å². The number of aromatic nitrogens is 2. The van der Waals surface area contributed by atoms with Crippen LogP contribution < -0.4 is 10.1 Å². The molecular weight excluding hydrogens is 681 g/mol. The van der Waals surface area contributed by atoms with Gasteiger partial charge in [0.1, 0.15) is 18.4 Å². The van der Waals surface area contributed by atoms with E-state index in [0.717, 1.165) is 46.6 Å². The first-order valence-corrected chi connectivity index (χ1v) is 19.4. The van der Waals surface area contributed by atoms with E-state index < -0.39 is 12.1 Å². The van der Waals surface area contributed by atoms with Crippen LogP contribution in [0.15, 0.2) is 91.3 Å². The number of hydrogen-bond donors (Lipinski definition) is 1. The highest BCUT2D eigenvalue weighted by atomic mass is 16.5. The predicted octanol–water partition coefficient (Wildman–Crippen LogP) is 9.32. The Kier molecular flexibility index (Phi) is 19.3. The molecule has 3 aromatic carbocycles. The maximum Gasteiger partial charge on any atom is 0.408 e. The zero-order valence-electron chi connectivity index (χ0n) is 32.9. The van der Waals surface area contributed by atoms with Gasteiger partial charge in [0.05, 0.1) is 19.6 Å². The van der Waals surface area contributed by atoms with Gasteiger partial charge in [-0.15, -0.1) is 0 Å². The average molecular weight is 741 g/mol. The number of nitrogens with zero attached hydrogens (tertiary/aromatic N) is 3. The van der Waals surface area contributed by atoms with Crippen LogP contribution in [0.2, 0.25) is 0 Å². The number of nitrogens with one attached hydrogen (secondary N) is 1. The van der Waals surface area contributed by atoms with Crippen molar-refractivity contribution in [2.75, 3.05) is 26.8 Å². The summed E-state index contributed by atoms with van der Waals surface area (Å²) in [4.78, 5) is 49.4. The fourth-order valence-electron chi connectivity index (χ4n) is 5.94. The number of esters is 1. The van der Waals surface area contributed by atoms with Crippen molar-refractivity contribution in [1.82, 2.24) is 20.2 Å². The SMILES string of the molecule is CC.CC.CCCCCCCOc1ccc(-c2cnc(-c3ccc(C[C@H](NC(=O)OCc4ccccc4)C(=O)N4CC[C@H](C(=O)OC)C4)cc3)nc2)cc1.[HH]. The summed E-state index contributed by atoms with van der Waals surface area (Å²) in [7, 11) is 1.34. The summed E-state index contributed by atoms with van der Waals surface area (Å²) in [6.45, 7) is 11.7. The van der Waals surface area contributed by atoms with Gasteiger partial charge < -0.3 is 24.4 Å². The van der Waals surface area contributed by atoms with Gasteiger partial charge in [-0.05, 0) is 41.7 Å². The molecule has 0 aliphatic carbocycles. The van der Waals surface area contributed by atoms with E-state index in [4.69, 9.17) is 14.2 Å². The molecule has 0 radical (unpaired) electrons. The van der Waals surface area contributed by atoms with E-state index in [1.807, 2.05) is 107 Å². The molecule has 0 saturated carbocycles. The fourth-order valence-corrected chi connectivity index (χ4v) is 5.94. The van der Waals surface area contributed by atoms with Crippen LogP contribution in [0.5, 0.6) is 5.75 Å². The normalized spacial score (nSPS) is 13.7. The van der Waals surface area contributed by atoms with Gasteiger partial charge in [-0.1, -0.05) is 127 Å². The summed E-state index contributed by atoms with van der Waals surface area (Å²) in [5.41, 5.74) is 4.40. The van der Waals surface area contributed by atoms with Crippen molar-refractivity contribution in [2.45, 2.75) is 92.2 Å². The van der Waals surface area contributed by atoms with Crippen LogP contribution in [-0.2, 0) is 32.1 Å². The Labute approximate surface area is 323 Å². The molecule has 0 bridgehead atoms. The van der Waals surface area contributed by atoms with Crippen LogP contribution in [0, 0.1) is 5.92 Å². The van der Waals surface area contributed by atoms with Crippen molar-refractivity contribution < 1.29 is 30.0 Å². The Bertz CT molecular complexity index is 1670. The maximum absolute atomic E-state index is 13.6. The number of ether oxygens (including phenoxy) is 3. The average Bonchev–Trinajstić information content (AvgIpc) is 3.74. The first-order valence-electron chi connectivity index (χ1n) is 19.4. The highest BCUT2D eigenvalue weighted by Crippen LogP contribution is 2.24. The van der Waals surface area contributed by atoms with E-state index in [-0.39, 0.29) is 38.8 Å². The number of amides is 2. The van der Waals surface area contributed by atoms with Crippen molar-refractivity contribution in [3.8, 4) is 28.3 Å². The monoisotopic (exact) mass is 740 g/mol. The van der Waals surface area contributed by atoms with Crippen LogP contribution in [0.1, 0.15) is 85.7 Å². The van der Waals surface area contributed by atoms with Gasteiger partial charge in [-0.25, -0.2) is 14.8 Å². The molecule has 10 nitrogen and oxygen atoms in total. The first kappa shape index (κ1) is 43.2. The lowest BCUT2D eigenvalue weighted by Crippen LogP contribution is -2.49. The van der Waals surface area contributed by atoms with Crippen LogP contribution in [-0.4, -0.2) is 65.7 Å². The van der Waals surface area contributed by atoms with Crippen LogP contribution in [0.4, 0.5) is 4.79 Å². The minimum absolute atomic E-state index is 0. The van der Waals surface area contributed by atoms with Gasteiger partial charge in [-0.2, -0.15) is 0 Å². The standard InChI is InChI=1S/C40H46N4O6.2C2H6.H2/c1-3-4-5-6-10-23-49-35-19-17-31(18-20-35)34-25-41-37(42-26-34)32-15-13-29(14-16-32)24-36(38(45)44-22-21-33(27-44)39(46)48-2)43-40(47)50-28-30-11-8-7-9-12-30;2*1-2;/h7-9,11-20,25-26,33,36H,3-6,10,21-24,27-28H2,1-2H3,(H,43,47);2*1-2H3;1H/t33-,36-;;;/m0.../s1. The number of hydrogen-bond acceptors (Lipinski definition) is 8. The van der Waals surface area contributed by atoms with Crippen molar-refractivity contribution in [3.05, 3.63) is 102 Å². The minimum Gasteiger partial charge on any atom is -0.494 e. The van der Waals surface area contributed by atoms with E-state index in [0.29, 0.717) is 18.8 Å². The molecule has 2 amide bonds. The first-order chi connectivity index (χ1) is 26.4. The molecular formula is C44H60N4O6. The van der Waals surface area contributed by atoms with Crippen LogP contribution >= 0.6 is 0 Å². The second-order valence-electron chi connectivity index (χ2n) is 12.5. The van der Waals surface area contributed by atoms with Gasteiger partial charge in [-0.3, -0.25) is 9.59 Å². The lowest BCUT2D eigenvalue weighted by Gasteiger charge is -2.24. The number of unbranched alkanes of at least 4 members (excludes halogenated alkanes) is 4. The molecule has 1 saturated heterocycles. The van der Waals surface area contributed by atoms with Crippen molar-refractivity contribution >= 4 is 18.0 Å². The van der Waals surface area contributed by atoms with E-state index in [2.05, 4.69) is 22.2 Å². The van der Waals surface area contributed by atoms with Crippen molar-refractivity contribution in [3.63, 3.8) is 0 Å². The Morgan fingerprint density at radius 3 is 2.11 bits per heavy atom. The Morgan fingerprint density at radius 1 is 0.815 bits per heavy atom. The third-order valence-electron chi connectivity index (χ3n) is 8.85. The lowest BCUT2D eigenvalue weighted by atomic mass is 10.0. The van der Waals surface area contributed by atoms with Crippen LogP contribution in [0.25, 0.3) is 22.5 Å². The van der Waals surface area contributed by atoms with Crippen molar-refractivity contribution in [1.29, 1.82) is 0 Å². The number of benzene rings is 3. The second kappa shape index (κ2) is 24.1. The molecule has 2 heterocycles. The smallest absolute Gasteiger partial charge is 0.408 e. The number of carbonyl (C=O) groups is 3. The van der Waals surface area contributed by atoms with Gasteiger partial charge in [0, 0.05) is 44.5 Å². The Hall–Kier alpha value is -5.25. The zero-order valence-corrected chi connectivity index (χ0v) is 32.9. The lowest BCUT2D eigenvalue weighted by molar-refractivity contribution is -0.145. The summed E-state index contributed by atoms with van der Waals surface area (Å²) in [6.07, 6.45) is 9.68. The molecule has 1 aliphatic heterocycles. The largest absolute Gasteiger partial charge is 0.494 e. The highest BCUT2D eigenvalue weighted by molar-refractivity contribution is 5.87. The Morgan fingerprint density at radius 2 is 1.46 bits per heavy atom. The predicted molar refractivity (Wildman–Crippen MR) is 216 cm³/mol. The van der Waals surface area contributed by atoms with Gasteiger partial charge in [0.2, 0.25) is 5.91 Å². The molecule has 1 aromatic heterocycles. The fraction of sp³-hybridized carbons (Fsp3) is 0.432. The van der Waals surface area contributed by atoms with Gasteiger partial charge in [0.25, 0.3) is 0 Å². The van der Waals surface area contributed by atoms with Crippen LogP contribution in [0.3, 0.4) is 0 Å². The number of likely N-dealkylation sites (tertiary alicyclic amines) is 1. The summed E-state index contributed by atoms with van der Waals surface area (Å²) < 4.78 is 16.2. The van der Waals surface area contributed by atoms with Gasteiger partial charge in [0.15, 0.2) is 5.82 Å². The van der Waals surface area contributed by atoms with E-state index in [1.165, 1.54) is 32.8 Å². The second-order valence-corrected chi connectivity index (χ2v) is 12.5. The van der Waals surface area contributed by atoms with E-state index in [9.17, 15) is 14.4 Å². The third-order valence-corrected chi connectivity index (χ3v) is 8.85. The van der Waals surface area contributed by atoms with Gasteiger partial charge >= 0.3 is 12.1 Å².